The predicted octanol–water partition coefficient (Wildman–Crippen LogP) is 1.66. The number of hydrogen-bond donors (Lipinski definition) is 1. The number of hydrogen-bond acceptors (Lipinski definition) is 3. The molecule has 0 fully saturated rings. The molecular weight excluding hydrogens is 247 g/mol. The standard InChI is InChI=1S/C13H9FN4O/c14-9-3-1-4-10-11(9)8(12(15)19)7-18(10)13-16-5-2-6-17-13/h1-7H,(H2,15,19). The lowest BCUT2D eigenvalue weighted by molar-refractivity contribution is 0.100. The summed E-state index contributed by atoms with van der Waals surface area (Å²) in [6.45, 7) is 0. The van der Waals surface area contributed by atoms with Crippen LogP contribution in [-0.2, 0) is 0 Å². The van der Waals surface area contributed by atoms with Gasteiger partial charge in [0.15, 0.2) is 0 Å². The highest BCUT2D eigenvalue weighted by Gasteiger charge is 2.17. The van der Waals surface area contributed by atoms with Gasteiger partial charge in [0.05, 0.1) is 11.1 Å². The van der Waals surface area contributed by atoms with Crippen LogP contribution in [0.15, 0.2) is 42.9 Å². The van der Waals surface area contributed by atoms with E-state index in [1.807, 2.05) is 0 Å². The molecule has 1 aromatic carbocycles. The van der Waals surface area contributed by atoms with Crippen molar-refractivity contribution in [3.8, 4) is 5.95 Å². The zero-order chi connectivity index (χ0) is 13.4. The monoisotopic (exact) mass is 256 g/mol. The summed E-state index contributed by atoms with van der Waals surface area (Å²) in [5, 5.41) is 0.183. The van der Waals surface area contributed by atoms with Gasteiger partial charge in [0.1, 0.15) is 5.82 Å². The first-order valence-electron chi connectivity index (χ1n) is 5.55. The Morgan fingerprint density at radius 1 is 1.21 bits per heavy atom. The second-order valence-electron chi connectivity index (χ2n) is 3.96. The Labute approximate surface area is 107 Å². The van der Waals surface area contributed by atoms with E-state index in [-0.39, 0.29) is 10.9 Å². The fraction of sp³-hybridized carbons (Fsp3) is 0. The fourth-order valence-electron chi connectivity index (χ4n) is 2.01. The molecule has 0 saturated heterocycles. The van der Waals surface area contributed by atoms with Crippen molar-refractivity contribution in [1.82, 2.24) is 14.5 Å². The number of nitrogens with two attached hydrogens (primary N) is 1. The number of benzene rings is 1. The van der Waals surface area contributed by atoms with E-state index < -0.39 is 11.7 Å². The van der Waals surface area contributed by atoms with Crippen LogP contribution in [0.1, 0.15) is 10.4 Å². The highest BCUT2D eigenvalue weighted by Crippen LogP contribution is 2.25. The molecule has 6 heteroatoms. The molecule has 0 radical (unpaired) electrons. The summed E-state index contributed by atoms with van der Waals surface area (Å²) >= 11 is 0. The van der Waals surface area contributed by atoms with Gasteiger partial charge in [-0.15, -0.1) is 0 Å². The van der Waals surface area contributed by atoms with Crippen LogP contribution in [0.5, 0.6) is 0 Å². The van der Waals surface area contributed by atoms with Gasteiger partial charge in [0.2, 0.25) is 5.95 Å². The summed E-state index contributed by atoms with van der Waals surface area (Å²) in [5.74, 6) is -0.837. The van der Waals surface area contributed by atoms with Crippen molar-refractivity contribution in [2.24, 2.45) is 5.73 Å². The van der Waals surface area contributed by atoms with Gasteiger partial charge >= 0.3 is 0 Å². The van der Waals surface area contributed by atoms with Gasteiger partial charge < -0.3 is 5.73 Å². The number of nitrogens with zero attached hydrogens (tertiary/aromatic N) is 3. The summed E-state index contributed by atoms with van der Waals surface area (Å²) in [5.41, 5.74) is 5.89. The van der Waals surface area contributed by atoms with Crippen LogP contribution >= 0.6 is 0 Å². The molecule has 19 heavy (non-hydrogen) atoms. The number of fused-ring (bicyclic) bond motifs is 1. The highest BCUT2D eigenvalue weighted by molar-refractivity contribution is 6.06. The fourth-order valence-corrected chi connectivity index (χ4v) is 2.01. The van der Waals surface area contributed by atoms with Crippen molar-refractivity contribution < 1.29 is 9.18 Å². The molecule has 3 aromatic rings. The average molecular weight is 256 g/mol. The number of carbonyl (C=O) groups excluding carboxylic acids is 1. The van der Waals surface area contributed by atoms with Crippen LogP contribution in [0.4, 0.5) is 4.39 Å². The average Bonchev–Trinajstić information content (AvgIpc) is 2.81. The quantitative estimate of drug-likeness (QED) is 0.757. The second-order valence-corrected chi connectivity index (χ2v) is 3.96. The minimum atomic E-state index is -0.690. The topological polar surface area (TPSA) is 73.8 Å². The molecule has 2 aromatic heterocycles. The zero-order valence-electron chi connectivity index (χ0n) is 9.75. The Hall–Kier alpha value is -2.76. The third kappa shape index (κ3) is 1.74. The number of rotatable bonds is 2. The largest absolute Gasteiger partial charge is 0.366 e. The number of aromatic nitrogens is 3. The third-order valence-electron chi connectivity index (χ3n) is 2.81. The maximum Gasteiger partial charge on any atom is 0.250 e. The van der Waals surface area contributed by atoms with Gasteiger partial charge in [0.25, 0.3) is 5.91 Å². The molecule has 0 atom stereocenters. The summed E-state index contributed by atoms with van der Waals surface area (Å²) in [6, 6.07) is 6.19. The Balaban J connectivity index is 2.39. The van der Waals surface area contributed by atoms with Crippen molar-refractivity contribution in [2.45, 2.75) is 0 Å². The van der Waals surface area contributed by atoms with Crippen LogP contribution in [0.2, 0.25) is 0 Å². The van der Waals surface area contributed by atoms with Crippen molar-refractivity contribution in [3.05, 3.63) is 54.2 Å². The summed E-state index contributed by atoms with van der Waals surface area (Å²) in [6.07, 6.45) is 4.58. The lowest BCUT2D eigenvalue weighted by Crippen LogP contribution is -2.10. The van der Waals surface area contributed by atoms with Crippen molar-refractivity contribution in [1.29, 1.82) is 0 Å². The molecule has 3 rings (SSSR count). The first-order chi connectivity index (χ1) is 9.18. The van der Waals surface area contributed by atoms with E-state index in [1.54, 1.807) is 35.2 Å². The molecule has 1 amide bonds. The van der Waals surface area contributed by atoms with Gasteiger partial charge in [-0.1, -0.05) is 6.07 Å². The van der Waals surface area contributed by atoms with E-state index in [1.165, 1.54) is 12.3 Å². The smallest absolute Gasteiger partial charge is 0.250 e. The first-order valence-corrected chi connectivity index (χ1v) is 5.55. The van der Waals surface area contributed by atoms with E-state index >= 15 is 0 Å². The van der Waals surface area contributed by atoms with Crippen LogP contribution in [0.3, 0.4) is 0 Å². The lowest BCUT2D eigenvalue weighted by Gasteiger charge is -2.01. The van der Waals surface area contributed by atoms with E-state index in [2.05, 4.69) is 9.97 Å². The number of carbonyl (C=O) groups is 1. The normalized spacial score (nSPS) is 10.8. The molecule has 0 bridgehead atoms. The molecule has 0 saturated carbocycles. The first kappa shape index (κ1) is 11.3. The SMILES string of the molecule is NC(=O)c1cn(-c2ncccn2)c2cccc(F)c12. The van der Waals surface area contributed by atoms with Crippen molar-refractivity contribution in [3.63, 3.8) is 0 Å². The summed E-state index contributed by atoms with van der Waals surface area (Å²) in [7, 11) is 0. The molecule has 0 aliphatic heterocycles. The Kier molecular flexibility index (Phi) is 2.49. The number of amides is 1. The molecule has 2 heterocycles. The van der Waals surface area contributed by atoms with E-state index in [4.69, 9.17) is 5.73 Å². The lowest BCUT2D eigenvalue weighted by atomic mass is 10.1. The third-order valence-corrected chi connectivity index (χ3v) is 2.81. The highest BCUT2D eigenvalue weighted by atomic mass is 19.1. The van der Waals surface area contributed by atoms with E-state index in [9.17, 15) is 9.18 Å². The van der Waals surface area contributed by atoms with Gasteiger partial charge in [0, 0.05) is 24.0 Å². The minimum absolute atomic E-state index is 0.112. The Morgan fingerprint density at radius 3 is 2.63 bits per heavy atom. The molecule has 0 unspecified atom stereocenters. The molecule has 0 aliphatic carbocycles. The van der Waals surface area contributed by atoms with E-state index in [0.717, 1.165) is 0 Å². The minimum Gasteiger partial charge on any atom is -0.366 e. The predicted molar refractivity (Wildman–Crippen MR) is 67.3 cm³/mol. The second kappa shape index (κ2) is 4.16. The number of halogens is 1. The maximum atomic E-state index is 13.9. The Morgan fingerprint density at radius 2 is 1.95 bits per heavy atom. The molecule has 0 aliphatic rings. The molecular formula is C13H9FN4O. The van der Waals surface area contributed by atoms with E-state index in [0.29, 0.717) is 11.5 Å². The summed E-state index contributed by atoms with van der Waals surface area (Å²) < 4.78 is 15.4. The number of primary amides is 1. The van der Waals surface area contributed by atoms with Gasteiger partial charge in [-0.2, -0.15) is 0 Å². The Bertz CT molecular complexity index is 767. The molecule has 5 nitrogen and oxygen atoms in total. The van der Waals surface area contributed by atoms with Gasteiger partial charge in [-0.3, -0.25) is 9.36 Å². The van der Waals surface area contributed by atoms with Crippen molar-refractivity contribution in [2.75, 3.05) is 0 Å². The summed E-state index contributed by atoms with van der Waals surface area (Å²) in [4.78, 5) is 19.6. The van der Waals surface area contributed by atoms with Crippen LogP contribution in [0.25, 0.3) is 16.9 Å². The van der Waals surface area contributed by atoms with Gasteiger partial charge in [-0.05, 0) is 18.2 Å². The van der Waals surface area contributed by atoms with Crippen LogP contribution < -0.4 is 5.73 Å². The molecule has 0 spiro atoms. The molecule has 2 N–H and O–H groups in total. The van der Waals surface area contributed by atoms with Crippen LogP contribution in [-0.4, -0.2) is 20.4 Å². The van der Waals surface area contributed by atoms with Crippen molar-refractivity contribution >= 4 is 16.8 Å². The zero-order valence-corrected chi connectivity index (χ0v) is 9.75. The molecule has 94 valence electrons. The maximum absolute atomic E-state index is 13.9. The van der Waals surface area contributed by atoms with Gasteiger partial charge in [-0.25, -0.2) is 14.4 Å². The van der Waals surface area contributed by atoms with Crippen LogP contribution in [0, 0.1) is 5.82 Å².